The first kappa shape index (κ1) is 15.5. The monoisotopic (exact) mass is 301 g/mol. The van der Waals surface area contributed by atoms with Crippen LogP contribution in [0.2, 0.25) is 0 Å². The molecular weight excluding hydrogens is 282 g/mol. The number of benzene rings is 1. The van der Waals surface area contributed by atoms with Gasteiger partial charge in [-0.15, -0.1) is 11.3 Å². The first-order valence-electron chi connectivity index (χ1n) is 6.80. The molecule has 21 heavy (non-hydrogen) atoms. The maximum Gasteiger partial charge on any atom is 0.328 e. The van der Waals surface area contributed by atoms with E-state index in [-0.39, 0.29) is 0 Å². The Labute approximate surface area is 129 Å². The van der Waals surface area contributed by atoms with Crippen LogP contribution in [0.4, 0.5) is 0 Å². The zero-order valence-electron chi connectivity index (χ0n) is 12.2. The molecule has 0 saturated carbocycles. The average Bonchev–Trinajstić information content (AvgIpc) is 2.99. The fourth-order valence-electron chi connectivity index (χ4n) is 2.15. The molecule has 0 aliphatic heterocycles. The quantitative estimate of drug-likeness (QED) is 0.819. The molecule has 0 fully saturated rings. The normalized spacial score (nSPS) is 12.9. The van der Waals surface area contributed by atoms with Gasteiger partial charge in [0, 0.05) is 23.5 Å². The van der Waals surface area contributed by atoms with Crippen molar-refractivity contribution in [1.82, 2.24) is 4.90 Å². The molecule has 1 unspecified atom stereocenters. The highest BCUT2D eigenvalue weighted by Crippen LogP contribution is 2.25. The van der Waals surface area contributed by atoms with Gasteiger partial charge < -0.3 is 5.11 Å². The van der Waals surface area contributed by atoms with Crippen molar-refractivity contribution in [3.8, 4) is 0 Å². The molecular formula is C17H19NO2S. The maximum absolute atomic E-state index is 10.7. The molecule has 0 bridgehead atoms. The molecule has 0 saturated heterocycles. The Kier molecular flexibility index (Phi) is 5.31. The van der Waals surface area contributed by atoms with Gasteiger partial charge in [-0.05, 0) is 42.6 Å². The number of hydrogen-bond donors (Lipinski definition) is 1. The lowest BCUT2D eigenvalue weighted by Gasteiger charge is -2.24. The van der Waals surface area contributed by atoms with Gasteiger partial charge in [0.25, 0.3) is 0 Å². The highest BCUT2D eigenvalue weighted by Gasteiger charge is 2.13. The van der Waals surface area contributed by atoms with Crippen LogP contribution in [0.3, 0.4) is 0 Å². The molecule has 0 aliphatic carbocycles. The number of aliphatic carboxylic acids is 1. The molecule has 1 N–H and O–H groups in total. The van der Waals surface area contributed by atoms with Crippen molar-refractivity contribution in [3.63, 3.8) is 0 Å². The number of nitrogens with zero attached hydrogens (tertiary/aromatic N) is 1. The third kappa shape index (κ3) is 4.28. The van der Waals surface area contributed by atoms with Crippen LogP contribution in [0.25, 0.3) is 6.08 Å². The minimum atomic E-state index is -0.926. The SMILES string of the molecule is CC(c1cccs1)N(C)Cc1ccccc1C=CC(=O)O. The van der Waals surface area contributed by atoms with E-state index in [1.807, 2.05) is 24.3 Å². The van der Waals surface area contributed by atoms with Gasteiger partial charge in [0.2, 0.25) is 0 Å². The molecule has 110 valence electrons. The second-order valence-electron chi connectivity index (χ2n) is 4.98. The second-order valence-corrected chi connectivity index (χ2v) is 5.96. The van der Waals surface area contributed by atoms with Crippen LogP contribution in [0, 0.1) is 0 Å². The van der Waals surface area contributed by atoms with Crippen molar-refractivity contribution in [1.29, 1.82) is 0 Å². The minimum Gasteiger partial charge on any atom is -0.478 e. The zero-order chi connectivity index (χ0) is 15.2. The molecule has 2 rings (SSSR count). The maximum atomic E-state index is 10.7. The molecule has 2 aromatic rings. The van der Waals surface area contributed by atoms with Gasteiger partial charge in [-0.1, -0.05) is 30.3 Å². The van der Waals surface area contributed by atoms with E-state index in [9.17, 15) is 4.79 Å². The number of carbonyl (C=O) groups is 1. The van der Waals surface area contributed by atoms with Crippen LogP contribution in [-0.2, 0) is 11.3 Å². The van der Waals surface area contributed by atoms with Crippen LogP contribution < -0.4 is 0 Å². The predicted octanol–water partition coefficient (Wildman–Crippen LogP) is 4.04. The summed E-state index contributed by atoms with van der Waals surface area (Å²) in [5.74, 6) is -0.926. The highest BCUT2D eigenvalue weighted by molar-refractivity contribution is 7.10. The predicted molar refractivity (Wildman–Crippen MR) is 87.3 cm³/mol. The number of carboxylic acids is 1. The second kappa shape index (κ2) is 7.20. The number of rotatable bonds is 6. The average molecular weight is 301 g/mol. The number of hydrogen-bond acceptors (Lipinski definition) is 3. The summed E-state index contributed by atoms with van der Waals surface area (Å²) >= 11 is 1.75. The van der Waals surface area contributed by atoms with E-state index in [0.29, 0.717) is 6.04 Å². The fraction of sp³-hybridized carbons (Fsp3) is 0.235. The third-order valence-corrected chi connectivity index (χ3v) is 4.54. The molecule has 1 heterocycles. The van der Waals surface area contributed by atoms with Crippen LogP contribution in [0.15, 0.2) is 47.9 Å². The van der Waals surface area contributed by atoms with Crippen molar-refractivity contribution >= 4 is 23.4 Å². The Morgan fingerprint density at radius 3 is 2.76 bits per heavy atom. The minimum absolute atomic E-state index is 0.335. The summed E-state index contributed by atoms with van der Waals surface area (Å²) in [7, 11) is 2.09. The van der Waals surface area contributed by atoms with Crippen LogP contribution in [0.1, 0.15) is 29.0 Å². The molecule has 3 nitrogen and oxygen atoms in total. The summed E-state index contributed by atoms with van der Waals surface area (Å²) in [6, 6.07) is 12.4. The summed E-state index contributed by atoms with van der Waals surface area (Å²) in [6.07, 6.45) is 2.84. The van der Waals surface area contributed by atoms with E-state index in [2.05, 4.69) is 36.4 Å². The van der Waals surface area contributed by atoms with Crippen molar-refractivity contribution < 1.29 is 9.90 Å². The fourth-order valence-corrected chi connectivity index (χ4v) is 3.00. The van der Waals surface area contributed by atoms with E-state index in [1.54, 1.807) is 17.4 Å². The Morgan fingerprint density at radius 1 is 1.33 bits per heavy atom. The van der Waals surface area contributed by atoms with Crippen molar-refractivity contribution in [2.75, 3.05) is 7.05 Å². The van der Waals surface area contributed by atoms with Crippen molar-refractivity contribution in [2.24, 2.45) is 0 Å². The largest absolute Gasteiger partial charge is 0.478 e. The van der Waals surface area contributed by atoms with E-state index >= 15 is 0 Å². The molecule has 1 aromatic heterocycles. The molecule has 0 amide bonds. The zero-order valence-corrected chi connectivity index (χ0v) is 13.0. The van der Waals surface area contributed by atoms with E-state index in [0.717, 1.165) is 17.7 Å². The van der Waals surface area contributed by atoms with E-state index in [1.165, 1.54) is 11.0 Å². The van der Waals surface area contributed by atoms with Gasteiger partial charge in [-0.3, -0.25) is 4.90 Å². The summed E-state index contributed by atoms with van der Waals surface area (Å²) in [4.78, 5) is 14.3. The first-order chi connectivity index (χ1) is 10.1. The van der Waals surface area contributed by atoms with Crippen molar-refractivity contribution in [2.45, 2.75) is 19.5 Å². The lowest BCUT2D eigenvalue weighted by Crippen LogP contribution is -2.21. The van der Waals surface area contributed by atoms with Gasteiger partial charge in [-0.2, -0.15) is 0 Å². The van der Waals surface area contributed by atoms with E-state index < -0.39 is 5.97 Å². The topological polar surface area (TPSA) is 40.5 Å². The Bertz CT molecular complexity index is 619. The molecule has 0 radical (unpaired) electrons. The van der Waals surface area contributed by atoms with Gasteiger partial charge in [0.05, 0.1) is 0 Å². The van der Waals surface area contributed by atoms with Gasteiger partial charge in [0.1, 0.15) is 0 Å². The smallest absolute Gasteiger partial charge is 0.328 e. The molecule has 1 atom stereocenters. The van der Waals surface area contributed by atoms with Gasteiger partial charge >= 0.3 is 5.97 Å². The summed E-state index contributed by atoms with van der Waals surface area (Å²) in [5, 5.41) is 10.9. The van der Waals surface area contributed by atoms with Gasteiger partial charge in [0.15, 0.2) is 0 Å². The Morgan fingerprint density at radius 2 is 2.10 bits per heavy atom. The number of thiophene rings is 1. The molecule has 0 spiro atoms. The standard InChI is InChI=1S/C17H19NO2S/c1-13(16-8-5-11-21-16)18(2)12-15-7-4-3-6-14(15)9-10-17(19)20/h3-11,13H,12H2,1-2H3,(H,19,20). The highest BCUT2D eigenvalue weighted by atomic mass is 32.1. The number of carboxylic acid groups (broad SMARTS) is 1. The first-order valence-corrected chi connectivity index (χ1v) is 7.68. The van der Waals surface area contributed by atoms with E-state index in [4.69, 9.17) is 5.11 Å². The molecule has 1 aromatic carbocycles. The summed E-state index contributed by atoms with van der Waals surface area (Å²) in [6.45, 7) is 2.96. The van der Waals surface area contributed by atoms with Crippen molar-refractivity contribution in [3.05, 3.63) is 63.9 Å². The van der Waals surface area contributed by atoms with Crippen LogP contribution in [0.5, 0.6) is 0 Å². The Hall–Kier alpha value is -1.91. The van der Waals surface area contributed by atoms with Crippen LogP contribution >= 0.6 is 11.3 Å². The molecule has 4 heteroatoms. The summed E-state index contributed by atoms with van der Waals surface area (Å²) < 4.78 is 0. The van der Waals surface area contributed by atoms with Crippen LogP contribution in [-0.4, -0.2) is 23.0 Å². The summed E-state index contributed by atoms with van der Waals surface area (Å²) in [5.41, 5.74) is 2.08. The van der Waals surface area contributed by atoms with Gasteiger partial charge in [-0.25, -0.2) is 4.79 Å². The lowest BCUT2D eigenvalue weighted by molar-refractivity contribution is -0.131. The lowest BCUT2D eigenvalue weighted by atomic mass is 10.1. The Balaban J connectivity index is 2.14. The third-order valence-electron chi connectivity index (χ3n) is 3.50. The molecule has 0 aliphatic rings.